The molecule has 0 bridgehead atoms. The molecule has 4 heteroatoms. The second kappa shape index (κ2) is 3.60. The Balaban J connectivity index is 2.98. The van der Waals surface area contributed by atoms with Crippen LogP contribution in [0.5, 0.6) is 0 Å². The molecule has 1 aromatic carbocycles. The molecule has 0 saturated heterocycles. The van der Waals surface area contributed by atoms with Crippen LogP contribution in [-0.2, 0) is 4.79 Å². The Morgan fingerprint density at radius 3 is 2.18 bits per heavy atom. The first-order chi connectivity index (χ1) is 5.22. The van der Waals surface area contributed by atoms with Crippen LogP contribution in [0.2, 0.25) is 10.0 Å². The van der Waals surface area contributed by atoms with Crippen LogP contribution < -0.4 is 5.32 Å². The van der Waals surface area contributed by atoms with Gasteiger partial charge in [-0.1, -0.05) is 23.2 Å². The van der Waals surface area contributed by atoms with Gasteiger partial charge in [-0.2, -0.15) is 0 Å². The first-order valence-corrected chi connectivity index (χ1v) is 3.57. The fourth-order valence-electron chi connectivity index (χ4n) is 0.685. The van der Waals surface area contributed by atoms with E-state index in [1.54, 1.807) is 18.2 Å². The summed E-state index contributed by atoms with van der Waals surface area (Å²) in [6, 6.07) is 4.75. The number of halogens is 2. The van der Waals surface area contributed by atoms with Gasteiger partial charge in [-0.05, 0) is 18.2 Å². The maximum Gasteiger partial charge on any atom is 0.314 e. The summed E-state index contributed by atoms with van der Waals surface area (Å²) >= 11 is 11.3. The summed E-state index contributed by atoms with van der Waals surface area (Å²) in [6.45, 7) is 0. The van der Waals surface area contributed by atoms with Crippen LogP contribution >= 0.6 is 23.2 Å². The van der Waals surface area contributed by atoms with Crippen molar-refractivity contribution < 1.29 is 4.79 Å². The Morgan fingerprint density at radius 1 is 1.18 bits per heavy atom. The summed E-state index contributed by atoms with van der Waals surface area (Å²) in [4.78, 5) is 9.87. The third-order valence-corrected chi connectivity index (χ3v) is 1.49. The number of nitrogens with one attached hydrogen (secondary N) is 1. The molecule has 2 nitrogen and oxygen atoms in total. The standard InChI is InChI=1S/C7H4Cl2NO/c8-5-1-6(9)3-7(2-5)10-4-11/h1-3H,(H,10,11). The van der Waals surface area contributed by atoms with Crippen LogP contribution in [0.25, 0.3) is 0 Å². The average molecular weight is 189 g/mol. The Kier molecular flexibility index (Phi) is 2.74. The van der Waals surface area contributed by atoms with E-state index >= 15 is 0 Å². The molecule has 0 fully saturated rings. The third kappa shape index (κ3) is 2.41. The normalized spacial score (nSPS) is 9.27. The predicted octanol–water partition coefficient (Wildman–Crippen LogP) is 2.47. The second-order valence-electron chi connectivity index (χ2n) is 1.89. The Hall–Kier alpha value is -0.730. The zero-order chi connectivity index (χ0) is 8.27. The van der Waals surface area contributed by atoms with Gasteiger partial charge in [0.05, 0.1) is 0 Å². The van der Waals surface area contributed by atoms with E-state index in [-0.39, 0.29) is 0 Å². The molecule has 1 N–H and O–H groups in total. The topological polar surface area (TPSA) is 29.1 Å². The number of benzene rings is 1. The number of hydrogen-bond acceptors (Lipinski definition) is 1. The molecule has 0 spiro atoms. The molecule has 1 aromatic rings. The molecule has 57 valence electrons. The van der Waals surface area contributed by atoms with E-state index in [1.165, 1.54) is 6.41 Å². The second-order valence-corrected chi connectivity index (χ2v) is 2.76. The smallest absolute Gasteiger partial charge is 0.314 e. The summed E-state index contributed by atoms with van der Waals surface area (Å²) in [5.74, 6) is 0. The number of hydrogen-bond donors (Lipinski definition) is 1. The van der Waals surface area contributed by atoms with Crippen molar-refractivity contribution in [3.8, 4) is 0 Å². The van der Waals surface area contributed by atoms with E-state index < -0.39 is 0 Å². The van der Waals surface area contributed by atoms with E-state index in [2.05, 4.69) is 5.32 Å². The average Bonchev–Trinajstić information content (AvgIpc) is 1.85. The molecular weight excluding hydrogens is 185 g/mol. The van der Waals surface area contributed by atoms with Gasteiger partial charge in [0.2, 0.25) is 0 Å². The molecule has 0 atom stereocenters. The highest BCUT2D eigenvalue weighted by atomic mass is 35.5. The van der Waals surface area contributed by atoms with Crippen LogP contribution in [0.4, 0.5) is 5.69 Å². The lowest BCUT2D eigenvalue weighted by Gasteiger charge is -1.98. The summed E-state index contributed by atoms with van der Waals surface area (Å²) in [6.07, 6.45) is 1.52. The third-order valence-electron chi connectivity index (χ3n) is 1.06. The van der Waals surface area contributed by atoms with Crippen molar-refractivity contribution in [2.75, 3.05) is 5.32 Å². The van der Waals surface area contributed by atoms with Gasteiger partial charge in [0.15, 0.2) is 0 Å². The molecule has 1 rings (SSSR count). The highest BCUT2D eigenvalue weighted by Gasteiger charge is 1.95. The quantitative estimate of drug-likeness (QED) is 0.711. The zero-order valence-electron chi connectivity index (χ0n) is 5.40. The summed E-state index contributed by atoms with van der Waals surface area (Å²) < 4.78 is 0. The lowest BCUT2D eigenvalue weighted by molar-refractivity contribution is 0.561. The molecule has 0 heterocycles. The molecule has 0 saturated carbocycles. The van der Waals surface area contributed by atoms with E-state index in [9.17, 15) is 4.79 Å². The van der Waals surface area contributed by atoms with Crippen molar-refractivity contribution in [3.63, 3.8) is 0 Å². The summed E-state index contributed by atoms with van der Waals surface area (Å²) in [7, 11) is 0. The van der Waals surface area contributed by atoms with Crippen LogP contribution in [0.15, 0.2) is 18.2 Å². The molecular formula is C7H4Cl2NO. The van der Waals surface area contributed by atoms with Crippen molar-refractivity contribution in [2.45, 2.75) is 0 Å². The SMILES string of the molecule is O=[C]Nc1cc(Cl)cc(Cl)c1. The van der Waals surface area contributed by atoms with Crippen LogP contribution in [0.1, 0.15) is 0 Å². The fourth-order valence-corrected chi connectivity index (χ4v) is 1.21. The highest BCUT2D eigenvalue weighted by Crippen LogP contribution is 2.21. The Labute approximate surface area is 74.1 Å². The number of anilines is 1. The zero-order valence-corrected chi connectivity index (χ0v) is 6.91. The molecule has 0 aliphatic heterocycles. The number of rotatable bonds is 2. The Morgan fingerprint density at radius 2 is 1.73 bits per heavy atom. The highest BCUT2D eigenvalue weighted by molar-refractivity contribution is 6.35. The molecule has 0 unspecified atom stereocenters. The maximum atomic E-state index is 9.87. The van der Waals surface area contributed by atoms with E-state index in [0.29, 0.717) is 15.7 Å². The van der Waals surface area contributed by atoms with Crippen molar-refractivity contribution in [1.82, 2.24) is 0 Å². The molecule has 11 heavy (non-hydrogen) atoms. The molecule has 0 aromatic heterocycles. The fraction of sp³-hybridized carbons (Fsp3) is 0. The Bertz CT molecular complexity index is 255. The van der Waals surface area contributed by atoms with Crippen molar-refractivity contribution >= 4 is 35.3 Å². The van der Waals surface area contributed by atoms with Gasteiger partial charge < -0.3 is 5.32 Å². The molecule has 1 amide bonds. The number of amides is 1. The predicted molar refractivity (Wildman–Crippen MR) is 45.8 cm³/mol. The minimum absolute atomic E-state index is 0.482. The summed E-state index contributed by atoms with van der Waals surface area (Å²) in [5.41, 5.74) is 0.539. The van der Waals surface area contributed by atoms with Crippen molar-refractivity contribution in [3.05, 3.63) is 28.2 Å². The monoisotopic (exact) mass is 188 g/mol. The minimum Gasteiger partial charge on any atom is -0.318 e. The van der Waals surface area contributed by atoms with Gasteiger partial charge in [-0.3, -0.25) is 4.79 Å². The molecule has 0 aliphatic rings. The lowest BCUT2D eigenvalue weighted by Crippen LogP contribution is -1.92. The van der Waals surface area contributed by atoms with Gasteiger partial charge in [-0.15, -0.1) is 0 Å². The van der Waals surface area contributed by atoms with Gasteiger partial charge in [0, 0.05) is 15.7 Å². The lowest BCUT2D eigenvalue weighted by atomic mass is 10.3. The van der Waals surface area contributed by atoms with Crippen molar-refractivity contribution in [1.29, 1.82) is 0 Å². The molecule has 0 aliphatic carbocycles. The number of carbonyl (C=O) groups excluding carboxylic acids is 1. The largest absolute Gasteiger partial charge is 0.318 e. The van der Waals surface area contributed by atoms with Crippen LogP contribution in [0, 0.1) is 0 Å². The van der Waals surface area contributed by atoms with E-state index in [4.69, 9.17) is 23.2 Å². The molecule has 1 radical (unpaired) electrons. The van der Waals surface area contributed by atoms with Gasteiger partial charge >= 0.3 is 6.41 Å². The van der Waals surface area contributed by atoms with E-state index in [0.717, 1.165) is 0 Å². The van der Waals surface area contributed by atoms with E-state index in [1.807, 2.05) is 0 Å². The first-order valence-electron chi connectivity index (χ1n) is 2.81. The first kappa shape index (κ1) is 8.37. The maximum absolute atomic E-state index is 9.87. The van der Waals surface area contributed by atoms with Gasteiger partial charge in [0.1, 0.15) is 0 Å². The van der Waals surface area contributed by atoms with Gasteiger partial charge in [0.25, 0.3) is 0 Å². The van der Waals surface area contributed by atoms with Gasteiger partial charge in [-0.25, -0.2) is 0 Å². The van der Waals surface area contributed by atoms with Crippen LogP contribution in [0.3, 0.4) is 0 Å². The minimum atomic E-state index is 0.482. The summed E-state index contributed by atoms with van der Waals surface area (Å²) in [5, 5.41) is 3.28. The van der Waals surface area contributed by atoms with Crippen LogP contribution in [-0.4, -0.2) is 6.41 Å². The van der Waals surface area contributed by atoms with Crippen molar-refractivity contribution in [2.24, 2.45) is 0 Å².